The highest BCUT2D eigenvalue weighted by atomic mass is 32.1. The van der Waals surface area contributed by atoms with Crippen LogP contribution < -0.4 is 9.47 Å². The third-order valence-electron chi connectivity index (χ3n) is 6.80. The first-order chi connectivity index (χ1) is 18.0. The molecule has 0 saturated carbocycles. The van der Waals surface area contributed by atoms with E-state index in [1.165, 1.54) is 17.6 Å². The number of nitrogens with zero attached hydrogens (tertiary/aromatic N) is 2. The summed E-state index contributed by atoms with van der Waals surface area (Å²) < 4.78 is 16.0. The number of fused-ring (bicyclic) bond motifs is 1. The molecule has 4 rings (SSSR count). The van der Waals surface area contributed by atoms with Crippen LogP contribution in [0.15, 0.2) is 53.9 Å². The van der Waals surface area contributed by atoms with E-state index in [-0.39, 0.29) is 24.4 Å². The molecule has 2 aromatic carbocycles. The molecule has 1 aliphatic rings. The van der Waals surface area contributed by atoms with E-state index in [1.54, 1.807) is 48.7 Å². The number of carbonyl (C=O) groups is 2. The molecule has 0 bridgehead atoms. The molecule has 1 unspecified atom stereocenters. The Morgan fingerprint density at radius 2 is 1.86 bits per heavy atom. The fourth-order valence-electron chi connectivity index (χ4n) is 4.87. The molecule has 3 aromatic rings. The fourth-order valence-corrected chi connectivity index (χ4v) is 5.77. The Hall–Kier alpha value is -3.36. The molecule has 0 aliphatic carbocycles. The molecular formula is C29H34N2O5S. The zero-order chi connectivity index (χ0) is 26.4. The van der Waals surface area contributed by atoms with E-state index in [2.05, 4.69) is 30.5 Å². The summed E-state index contributed by atoms with van der Waals surface area (Å²) in [6, 6.07) is 15.2. The molecular weight excluding hydrogens is 488 g/mol. The minimum atomic E-state index is -0.260. The summed E-state index contributed by atoms with van der Waals surface area (Å²) >= 11 is 1.74. The first-order valence-corrected chi connectivity index (χ1v) is 13.3. The minimum Gasteiger partial charge on any atom is -0.497 e. The number of ether oxygens (including phenoxy) is 3. The second-order valence-corrected chi connectivity index (χ2v) is 10.0. The quantitative estimate of drug-likeness (QED) is 0.360. The van der Waals surface area contributed by atoms with Gasteiger partial charge in [0, 0.05) is 37.7 Å². The van der Waals surface area contributed by atoms with Crippen molar-refractivity contribution in [3.8, 4) is 11.5 Å². The zero-order valence-electron chi connectivity index (χ0n) is 21.9. The number of carbonyl (C=O) groups excluding carboxylic acids is 2. The van der Waals surface area contributed by atoms with Crippen molar-refractivity contribution in [2.45, 2.75) is 25.8 Å². The Labute approximate surface area is 222 Å². The van der Waals surface area contributed by atoms with Crippen LogP contribution in [-0.4, -0.2) is 69.2 Å². The van der Waals surface area contributed by atoms with Crippen molar-refractivity contribution in [2.24, 2.45) is 0 Å². The van der Waals surface area contributed by atoms with Crippen LogP contribution in [0.3, 0.4) is 0 Å². The highest BCUT2D eigenvalue weighted by Gasteiger charge is 2.35. The molecule has 196 valence electrons. The number of benzene rings is 2. The lowest BCUT2D eigenvalue weighted by Crippen LogP contribution is -2.47. The number of hydrogen-bond donors (Lipinski definition) is 0. The van der Waals surface area contributed by atoms with Gasteiger partial charge < -0.3 is 24.0 Å². The van der Waals surface area contributed by atoms with Gasteiger partial charge in [0.15, 0.2) is 0 Å². The first-order valence-electron chi connectivity index (χ1n) is 12.4. The summed E-state index contributed by atoms with van der Waals surface area (Å²) in [6.45, 7) is 3.54. The van der Waals surface area contributed by atoms with Crippen molar-refractivity contribution in [3.63, 3.8) is 0 Å². The number of aryl methyl sites for hydroxylation is 1. The first kappa shape index (κ1) is 26.7. The Morgan fingerprint density at radius 3 is 2.59 bits per heavy atom. The van der Waals surface area contributed by atoms with Crippen molar-refractivity contribution in [2.75, 3.05) is 47.6 Å². The van der Waals surface area contributed by atoms with Gasteiger partial charge in [0.05, 0.1) is 25.8 Å². The third-order valence-corrected chi connectivity index (χ3v) is 7.79. The number of methoxy groups -OCH3 is 3. The van der Waals surface area contributed by atoms with Crippen LogP contribution in [0.2, 0.25) is 0 Å². The van der Waals surface area contributed by atoms with Gasteiger partial charge in [-0.2, -0.15) is 0 Å². The molecule has 0 spiro atoms. The Bertz CT molecular complexity index is 1240. The molecule has 2 heterocycles. The van der Waals surface area contributed by atoms with Crippen molar-refractivity contribution < 1.29 is 23.8 Å². The van der Waals surface area contributed by atoms with E-state index in [4.69, 9.17) is 14.2 Å². The number of hydrogen-bond acceptors (Lipinski definition) is 6. The predicted molar refractivity (Wildman–Crippen MR) is 145 cm³/mol. The van der Waals surface area contributed by atoms with Gasteiger partial charge in [-0.3, -0.25) is 9.59 Å². The maximum atomic E-state index is 13.9. The molecule has 0 radical (unpaired) electrons. The van der Waals surface area contributed by atoms with Gasteiger partial charge in [0.1, 0.15) is 18.0 Å². The lowest BCUT2D eigenvalue weighted by atomic mass is 9.90. The summed E-state index contributed by atoms with van der Waals surface area (Å²) in [5.74, 6) is 0.663. The molecule has 7 nitrogen and oxygen atoms in total. The Kier molecular flexibility index (Phi) is 8.84. The Morgan fingerprint density at radius 1 is 1.05 bits per heavy atom. The number of rotatable bonds is 10. The normalized spacial score (nSPS) is 14.7. The molecule has 0 N–H and O–H groups in total. The van der Waals surface area contributed by atoms with Crippen LogP contribution in [0.1, 0.15) is 44.4 Å². The maximum Gasteiger partial charge on any atom is 0.258 e. The SMILES string of the molecule is COCCCN(CC(=O)N1CCc2sccc2C1c1ccccc1C)C(=O)c1ccc(OC)cc1OC. The highest BCUT2D eigenvalue weighted by molar-refractivity contribution is 7.10. The zero-order valence-corrected chi connectivity index (χ0v) is 22.7. The number of amides is 2. The van der Waals surface area contributed by atoms with Crippen molar-refractivity contribution in [1.29, 1.82) is 0 Å². The lowest BCUT2D eigenvalue weighted by molar-refractivity contribution is -0.134. The average Bonchev–Trinajstić information content (AvgIpc) is 3.40. The maximum absolute atomic E-state index is 13.9. The van der Waals surface area contributed by atoms with Gasteiger partial charge in [-0.05, 0) is 60.0 Å². The van der Waals surface area contributed by atoms with E-state index < -0.39 is 0 Å². The average molecular weight is 523 g/mol. The van der Waals surface area contributed by atoms with Crippen LogP contribution in [0.4, 0.5) is 0 Å². The second kappa shape index (κ2) is 12.3. The molecule has 1 aliphatic heterocycles. The van der Waals surface area contributed by atoms with Crippen molar-refractivity contribution >= 4 is 23.2 Å². The third kappa shape index (κ3) is 5.81. The van der Waals surface area contributed by atoms with Gasteiger partial charge >= 0.3 is 0 Å². The lowest BCUT2D eigenvalue weighted by Gasteiger charge is -2.38. The van der Waals surface area contributed by atoms with Gasteiger partial charge in [-0.1, -0.05) is 24.3 Å². The van der Waals surface area contributed by atoms with E-state index >= 15 is 0 Å². The van der Waals surface area contributed by atoms with Gasteiger partial charge in [-0.25, -0.2) is 0 Å². The smallest absolute Gasteiger partial charge is 0.258 e. The summed E-state index contributed by atoms with van der Waals surface area (Å²) in [6.07, 6.45) is 1.43. The van der Waals surface area contributed by atoms with Crippen molar-refractivity contribution in [3.05, 3.63) is 81.0 Å². The summed E-state index contributed by atoms with van der Waals surface area (Å²) in [5.41, 5.74) is 3.82. The molecule has 2 amide bonds. The van der Waals surface area contributed by atoms with Gasteiger partial charge in [0.25, 0.3) is 5.91 Å². The minimum absolute atomic E-state index is 0.0282. The van der Waals surface area contributed by atoms with Crippen LogP contribution in [0.25, 0.3) is 0 Å². The highest BCUT2D eigenvalue weighted by Crippen LogP contribution is 2.39. The summed E-state index contributed by atoms with van der Waals surface area (Å²) in [4.78, 5) is 32.5. The number of thiophene rings is 1. The molecule has 8 heteroatoms. The van der Waals surface area contributed by atoms with Crippen LogP contribution >= 0.6 is 11.3 Å². The van der Waals surface area contributed by atoms with E-state index in [0.717, 1.165) is 17.5 Å². The van der Waals surface area contributed by atoms with E-state index in [1.807, 2.05) is 17.0 Å². The van der Waals surface area contributed by atoms with Crippen LogP contribution in [0.5, 0.6) is 11.5 Å². The summed E-state index contributed by atoms with van der Waals surface area (Å²) in [7, 11) is 4.71. The van der Waals surface area contributed by atoms with E-state index in [0.29, 0.717) is 43.2 Å². The molecule has 1 atom stereocenters. The molecule has 0 fully saturated rings. The fraction of sp³-hybridized carbons (Fsp3) is 0.379. The molecule has 0 saturated heterocycles. The van der Waals surface area contributed by atoms with Gasteiger partial charge in [-0.15, -0.1) is 11.3 Å². The topological polar surface area (TPSA) is 68.3 Å². The molecule has 1 aromatic heterocycles. The monoisotopic (exact) mass is 522 g/mol. The largest absolute Gasteiger partial charge is 0.497 e. The molecule has 37 heavy (non-hydrogen) atoms. The Balaban J connectivity index is 1.64. The van der Waals surface area contributed by atoms with Gasteiger partial charge in [0.2, 0.25) is 5.91 Å². The van der Waals surface area contributed by atoms with E-state index in [9.17, 15) is 9.59 Å². The standard InChI is InChI=1S/C29H34N2O5S/c1-20-8-5-6-9-22(20)28-24-13-17-37-26(24)12-15-31(28)27(32)19-30(14-7-16-34-2)29(33)23-11-10-21(35-3)18-25(23)36-4/h5-6,8-11,13,17-18,28H,7,12,14-16,19H2,1-4H3. The predicted octanol–water partition coefficient (Wildman–Crippen LogP) is 4.73. The van der Waals surface area contributed by atoms with Crippen LogP contribution in [0, 0.1) is 6.92 Å². The second-order valence-electron chi connectivity index (χ2n) is 9.03. The van der Waals surface area contributed by atoms with Crippen molar-refractivity contribution in [1.82, 2.24) is 9.80 Å². The van der Waals surface area contributed by atoms with Crippen LogP contribution in [-0.2, 0) is 16.0 Å². The summed E-state index contributed by atoms with van der Waals surface area (Å²) in [5, 5.41) is 2.10.